The van der Waals surface area contributed by atoms with Crippen LogP contribution in [0.4, 0.5) is 9.52 Å². The van der Waals surface area contributed by atoms with Crippen LogP contribution >= 0.6 is 27.3 Å². The van der Waals surface area contributed by atoms with Gasteiger partial charge in [-0.15, -0.1) is 10.2 Å². The average molecular weight is 344 g/mol. The molecule has 0 fully saturated rings. The Labute approximate surface area is 122 Å². The van der Waals surface area contributed by atoms with Crippen molar-refractivity contribution in [2.45, 2.75) is 19.8 Å². The Morgan fingerprint density at radius 3 is 3.00 bits per heavy atom. The molecule has 2 aromatic rings. The maximum Gasteiger partial charge on any atom is 0.260 e. The molecule has 0 aliphatic rings. The number of anilines is 1. The largest absolute Gasteiger partial charge is 0.296 e. The highest BCUT2D eigenvalue weighted by Crippen LogP contribution is 2.20. The van der Waals surface area contributed by atoms with E-state index in [1.807, 2.05) is 6.92 Å². The molecular formula is C12H11BrFN3OS. The van der Waals surface area contributed by atoms with E-state index >= 15 is 0 Å². The first-order valence-electron chi connectivity index (χ1n) is 5.69. The van der Waals surface area contributed by atoms with Gasteiger partial charge < -0.3 is 0 Å². The van der Waals surface area contributed by atoms with Crippen molar-refractivity contribution in [3.8, 4) is 0 Å². The lowest BCUT2D eigenvalue weighted by Crippen LogP contribution is -2.13. The van der Waals surface area contributed by atoms with Crippen molar-refractivity contribution in [2.24, 2.45) is 0 Å². The molecule has 1 heterocycles. The average Bonchev–Trinajstić information content (AvgIpc) is 2.80. The predicted octanol–water partition coefficient (Wildman–Crippen LogP) is 3.64. The zero-order valence-corrected chi connectivity index (χ0v) is 12.5. The number of rotatable bonds is 4. The lowest BCUT2D eigenvalue weighted by molar-refractivity contribution is 0.102. The molecule has 1 aromatic carbocycles. The number of carbonyl (C=O) groups is 1. The van der Waals surface area contributed by atoms with Gasteiger partial charge in [0.1, 0.15) is 10.8 Å². The van der Waals surface area contributed by atoms with E-state index in [0.29, 0.717) is 9.60 Å². The van der Waals surface area contributed by atoms with E-state index in [-0.39, 0.29) is 5.56 Å². The Hall–Kier alpha value is -1.34. The quantitative estimate of drug-likeness (QED) is 0.921. The van der Waals surface area contributed by atoms with Crippen LogP contribution in [0.25, 0.3) is 0 Å². The van der Waals surface area contributed by atoms with Crippen molar-refractivity contribution < 1.29 is 9.18 Å². The molecule has 0 aliphatic carbocycles. The fourth-order valence-electron chi connectivity index (χ4n) is 1.45. The lowest BCUT2D eigenvalue weighted by atomic mass is 10.2. The normalized spacial score (nSPS) is 10.5. The van der Waals surface area contributed by atoms with Crippen molar-refractivity contribution in [1.29, 1.82) is 0 Å². The van der Waals surface area contributed by atoms with Crippen LogP contribution in [0.5, 0.6) is 0 Å². The van der Waals surface area contributed by atoms with Gasteiger partial charge in [-0.1, -0.05) is 34.2 Å². The van der Waals surface area contributed by atoms with Gasteiger partial charge in [0.05, 0.1) is 5.56 Å². The number of benzene rings is 1. The fourth-order valence-corrected chi connectivity index (χ4v) is 2.65. The fraction of sp³-hybridized carbons (Fsp3) is 0.250. The third-order valence-corrected chi connectivity index (χ3v) is 3.72. The van der Waals surface area contributed by atoms with Crippen molar-refractivity contribution >= 4 is 38.3 Å². The van der Waals surface area contributed by atoms with Gasteiger partial charge in [-0.25, -0.2) is 4.39 Å². The molecule has 0 radical (unpaired) electrons. The molecule has 2 rings (SSSR count). The topological polar surface area (TPSA) is 54.9 Å². The van der Waals surface area contributed by atoms with Crippen molar-refractivity contribution in [1.82, 2.24) is 10.2 Å². The molecule has 0 spiro atoms. The minimum Gasteiger partial charge on any atom is -0.296 e. The number of halogens is 2. The summed E-state index contributed by atoms with van der Waals surface area (Å²) in [6.07, 6.45) is 1.78. The number of aryl methyl sites for hydroxylation is 1. The summed E-state index contributed by atoms with van der Waals surface area (Å²) in [7, 11) is 0. The maximum atomic E-state index is 13.5. The summed E-state index contributed by atoms with van der Waals surface area (Å²) in [6, 6.07) is 4.21. The minimum atomic E-state index is -0.570. The van der Waals surface area contributed by atoms with Gasteiger partial charge in [0.2, 0.25) is 5.13 Å². The summed E-state index contributed by atoms with van der Waals surface area (Å²) >= 11 is 4.50. The number of nitrogens with zero attached hydrogens (tertiary/aromatic N) is 2. The molecule has 0 aliphatic heterocycles. The summed E-state index contributed by atoms with van der Waals surface area (Å²) in [5.41, 5.74) is -0.0263. The van der Waals surface area contributed by atoms with Crippen LogP contribution < -0.4 is 5.32 Å². The first kappa shape index (κ1) is 14.1. The number of nitrogens with one attached hydrogen (secondary N) is 1. The smallest absolute Gasteiger partial charge is 0.260 e. The molecular weight excluding hydrogens is 333 g/mol. The Morgan fingerprint density at radius 2 is 2.26 bits per heavy atom. The highest BCUT2D eigenvalue weighted by molar-refractivity contribution is 9.10. The van der Waals surface area contributed by atoms with E-state index < -0.39 is 11.7 Å². The monoisotopic (exact) mass is 343 g/mol. The zero-order chi connectivity index (χ0) is 13.8. The van der Waals surface area contributed by atoms with Crippen LogP contribution in [0.3, 0.4) is 0 Å². The van der Waals surface area contributed by atoms with E-state index in [1.54, 1.807) is 0 Å². The summed E-state index contributed by atoms with van der Waals surface area (Å²) in [6.45, 7) is 2.04. The SMILES string of the molecule is CCCc1nnc(NC(=O)c2cc(Br)ccc2F)s1. The Morgan fingerprint density at radius 1 is 1.47 bits per heavy atom. The van der Waals surface area contributed by atoms with Gasteiger partial charge in [-0.3, -0.25) is 10.1 Å². The van der Waals surface area contributed by atoms with E-state index in [4.69, 9.17) is 0 Å². The van der Waals surface area contributed by atoms with Crippen molar-refractivity contribution in [3.63, 3.8) is 0 Å². The van der Waals surface area contributed by atoms with Crippen LogP contribution in [0, 0.1) is 5.82 Å². The molecule has 0 saturated carbocycles. The second-order valence-corrected chi connectivity index (χ2v) is 5.81. The number of hydrogen-bond acceptors (Lipinski definition) is 4. The van der Waals surface area contributed by atoms with Crippen LogP contribution in [-0.4, -0.2) is 16.1 Å². The molecule has 100 valence electrons. The number of amides is 1. The summed E-state index contributed by atoms with van der Waals surface area (Å²) < 4.78 is 14.2. The standard InChI is InChI=1S/C12H11BrFN3OS/c1-2-3-10-16-17-12(19-10)15-11(18)8-6-7(13)4-5-9(8)14/h4-6H,2-3H2,1H3,(H,15,17,18). The number of aromatic nitrogens is 2. The van der Waals surface area contributed by atoms with E-state index in [1.165, 1.54) is 29.5 Å². The molecule has 19 heavy (non-hydrogen) atoms. The molecule has 0 atom stereocenters. The first-order valence-corrected chi connectivity index (χ1v) is 7.30. The second-order valence-electron chi connectivity index (χ2n) is 3.83. The molecule has 0 saturated heterocycles. The molecule has 1 amide bonds. The molecule has 1 N–H and O–H groups in total. The van der Waals surface area contributed by atoms with Gasteiger partial charge in [-0.2, -0.15) is 0 Å². The van der Waals surface area contributed by atoms with Crippen LogP contribution in [0.1, 0.15) is 28.7 Å². The summed E-state index contributed by atoms with van der Waals surface area (Å²) in [4.78, 5) is 11.9. The lowest BCUT2D eigenvalue weighted by Gasteiger charge is -2.03. The number of carbonyl (C=O) groups excluding carboxylic acids is 1. The third-order valence-electron chi connectivity index (χ3n) is 2.32. The zero-order valence-electron chi connectivity index (χ0n) is 10.1. The maximum absolute atomic E-state index is 13.5. The van der Waals surface area contributed by atoms with Crippen LogP contribution in [0.15, 0.2) is 22.7 Å². The Bertz CT molecular complexity index is 602. The highest BCUT2D eigenvalue weighted by atomic mass is 79.9. The number of hydrogen-bond donors (Lipinski definition) is 1. The molecule has 1 aromatic heterocycles. The molecule has 0 unspecified atom stereocenters. The molecule has 0 bridgehead atoms. The van der Waals surface area contributed by atoms with E-state index in [2.05, 4.69) is 31.4 Å². The minimum absolute atomic E-state index is 0.0263. The summed E-state index contributed by atoms with van der Waals surface area (Å²) in [5, 5.41) is 11.6. The van der Waals surface area contributed by atoms with Gasteiger partial charge in [0.15, 0.2) is 0 Å². The predicted molar refractivity (Wildman–Crippen MR) is 76.0 cm³/mol. The summed E-state index contributed by atoms with van der Waals surface area (Å²) in [5.74, 6) is -1.10. The highest BCUT2D eigenvalue weighted by Gasteiger charge is 2.14. The van der Waals surface area contributed by atoms with Crippen molar-refractivity contribution in [2.75, 3.05) is 5.32 Å². The Balaban J connectivity index is 2.13. The molecule has 4 nitrogen and oxygen atoms in total. The second kappa shape index (κ2) is 6.21. The van der Waals surface area contributed by atoms with Gasteiger partial charge in [0.25, 0.3) is 5.91 Å². The third kappa shape index (κ3) is 3.57. The van der Waals surface area contributed by atoms with Crippen LogP contribution in [-0.2, 0) is 6.42 Å². The van der Waals surface area contributed by atoms with E-state index in [9.17, 15) is 9.18 Å². The van der Waals surface area contributed by atoms with E-state index in [0.717, 1.165) is 17.8 Å². The van der Waals surface area contributed by atoms with Gasteiger partial charge in [-0.05, 0) is 24.6 Å². The first-order chi connectivity index (χ1) is 9.10. The molecule has 7 heteroatoms. The Kier molecular flexibility index (Phi) is 4.60. The van der Waals surface area contributed by atoms with Gasteiger partial charge in [0, 0.05) is 10.9 Å². The van der Waals surface area contributed by atoms with Gasteiger partial charge >= 0.3 is 0 Å². The van der Waals surface area contributed by atoms with Crippen molar-refractivity contribution in [3.05, 3.63) is 39.1 Å². The van der Waals surface area contributed by atoms with Crippen LogP contribution in [0.2, 0.25) is 0 Å².